The molecule has 0 heterocycles. The number of hydrogen-bond donors (Lipinski definition) is 2. The summed E-state index contributed by atoms with van der Waals surface area (Å²) in [5.74, 6) is -7.99. The molecule has 0 atom stereocenters. The van der Waals surface area contributed by atoms with E-state index in [1.54, 1.807) is 5.32 Å². The predicted molar refractivity (Wildman–Crippen MR) is 71.1 cm³/mol. The van der Waals surface area contributed by atoms with Crippen molar-refractivity contribution in [3.05, 3.63) is 0 Å². The van der Waals surface area contributed by atoms with E-state index in [0.717, 1.165) is 0 Å². The Morgan fingerprint density at radius 1 is 0.750 bits per heavy atom. The van der Waals surface area contributed by atoms with Crippen LogP contribution in [0.1, 0.15) is 12.8 Å². The van der Waals surface area contributed by atoms with Gasteiger partial charge in [-0.1, -0.05) is 0 Å². The largest absolute Gasteiger partial charge is 0.493 e. The molecule has 2 N–H and O–H groups in total. The van der Waals surface area contributed by atoms with Crippen LogP contribution < -0.4 is 10.6 Å². The number of amides is 2. The normalized spacial score (nSPS) is 12.5. The second-order valence-electron chi connectivity index (χ2n) is 4.99. The highest BCUT2D eigenvalue weighted by molar-refractivity contribution is 5.83. The highest BCUT2D eigenvalue weighted by atomic mass is 19.4. The molecule has 2 amide bonds. The van der Waals surface area contributed by atoms with E-state index in [-0.39, 0.29) is 32.5 Å². The maximum atomic E-state index is 12.3. The van der Waals surface area contributed by atoms with E-state index in [4.69, 9.17) is 0 Å². The van der Waals surface area contributed by atoms with Gasteiger partial charge in [-0.15, -0.1) is 0 Å². The smallest absolute Gasteiger partial charge is 0.348 e. The fourth-order valence-electron chi connectivity index (χ4n) is 1.47. The summed E-state index contributed by atoms with van der Waals surface area (Å²) in [5.41, 5.74) is 0. The topological polar surface area (TPSA) is 87.7 Å². The van der Waals surface area contributed by atoms with Crippen molar-refractivity contribution in [3.63, 3.8) is 0 Å². The minimum Gasteiger partial charge on any atom is -0.348 e. The molecule has 16 heteroatoms. The van der Waals surface area contributed by atoms with Crippen LogP contribution in [0.5, 0.6) is 0 Å². The molecular weight excluding hydrogens is 421 g/mol. The highest BCUT2D eigenvalue weighted by Crippen LogP contribution is 2.22. The van der Waals surface area contributed by atoms with Crippen molar-refractivity contribution in [2.24, 2.45) is 0 Å². The summed E-state index contributed by atoms with van der Waals surface area (Å²) in [7, 11) is 0. The predicted octanol–water partition coefficient (Wildman–Crippen LogP) is 1.45. The van der Waals surface area contributed by atoms with Crippen LogP contribution in [0.25, 0.3) is 0 Å². The van der Waals surface area contributed by atoms with Gasteiger partial charge >= 0.3 is 36.3 Å². The average Bonchev–Trinajstić information content (AvgIpc) is 2.52. The molecule has 0 aromatic rings. The van der Waals surface area contributed by atoms with E-state index in [9.17, 15) is 53.9 Å². The third-order valence-corrected chi connectivity index (χ3v) is 2.68. The Balaban J connectivity index is 4.30. The van der Waals surface area contributed by atoms with Gasteiger partial charge in [-0.3, -0.25) is 9.59 Å². The van der Waals surface area contributed by atoms with Crippen molar-refractivity contribution >= 4 is 17.8 Å². The molecule has 0 aliphatic rings. The Bertz CT molecular complexity index is 546. The molecule has 164 valence electrons. The van der Waals surface area contributed by atoms with E-state index in [2.05, 4.69) is 10.2 Å². The third-order valence-electron chi connectivity index (χ3n) is 2.68. The standard InChI is InChI=1S/C12H14F9N3O4/c13-10(14,15)7(25)23-5-1-3-22-4-2-6-24(8(26)11(16,17)18)28-9(27)12(19,20)21/h22H,1-6H2,(H,23,25). The van der Waals surface area contributed by atoms with Crippen LogP contribution in [0, 0.1) is 0 Å². The van der Waals surface area contributed by atoms with E-state index in [1.165, 1.54) is 0 Å². The number of carbonyl (C=O) groups excluding carboxylic acids is 3. The molecule has 0 aromatic carbocycles. The average molecular weight is 435 g/mol. The van der Waals surface area contributed by atoms with Crippen LogP contribution in [0.2, 0.25) is 0 Å². The monoisotopic (exact) mass is 435 g/mol. The van der Waals surface area contributed by atoms with E-state index >= 15 is 0 Å². The Labute approximate surface area is 151 Å². The summed E-state index contributed by atoms with van der Waals surface area (Å²) in [6.45, 7) is -1.59. The first kappa shape index (κ1) is 25.7. The number of rotatable bonds is 8. The first-order valence-electron chi connectivity index (χ1n) is 7.30. The van der Waals surface area contributed by atoms with Crippen LogP contribution in [0.15, 0.2) is 0 Å². The van der Waals surface area contributed by atoms with Gasteiger partial charge in [0.05, 0.1) is 6.54 Å². The SMILES string of the molecule is O=C(NCCCNCCCN(OC(=O)C(F)(F)F)C(=O)C(F)(F)F)C(F)(F)F. The third kappa shape index (κ3) is 10.2. The van der Waals surface area contributed by atoms with Crippen LogP contribution in [0.3, 0.4) is 0 Å². The Morgan fingerprint density at radius 2 is 1.29 bits per heavy atom. The molecule has 0 bridgehead atoms. The molecule has 0 aliphatic heterocycles. The molecule has 0 saturated carbocycles. The molecule has 28 heavy (non-hydrogen) atoms. The lowest BCUT2D eigenvalue weighted by Crippen LogP contribution is -2.45. The van der Waals surface area contributed by atoms with Crippen molar-refractivity contribution in [1.82, 2.24) is 15.7 Å². The quantitative estimate of drug-likeness (QED) is 0.343. The highest BCUT2D eigenvalue weighted by Gasteiger charge is 2.48. The number of halogens is 9. The molecule has 0 aliphatic carbocycles. The first-order valence-corrected chi connectivity index (χ1v) is 7.30. The van der Waals surface area contributed by atoms with Crippen molar-refractivity contribution in [2.75, 3.05) is 26.2 Å². The molecule has 0 aromatic heterocycles. The molecule has 0 radical (unpaired) electrons. The molecule has 0 unspecified atom stereocenters. The van der Waals surface area contributed by atoms with Crippen molar-refractivity contribution in [3.8, 4) is 0 Å². The Kier molecular flexibility index (Phi) is 9.50. The maximum Gasteiger partial charge on any atom is 0.493 e. The second-order valence-corrected chi connectivity index (χ2v) is 4.99. The van der Waals surface area contributed by atoms with Gasteiger partial charge in [0.2, 0.25) is 0 Å². The lowest BCUT2D eigenvalue weighted by Gasteiger charge is -2.22. The minimum atomic E-state index is -5.62. The van der Waals surface area contributed by atoms with Crippen LogP contribution in [-0.2, 0) is 19.2 Å². The van der Waals surface area contributed by atoms with Gasteiger partial charge in [0.25, 0.3) is 0 Å². The summed E-state index contributed by atoms with van der Waals surface area (Å²) in [4.78, 5) is 35.5. The summed E-state index contributed by atoms with van der Waals surface area (Å²) in [5, 5.41) is 3.28. The van der Waals surface area contributed by atoms with Gasteiger partial charge in [-0.05, 0) is 25.9 Å². The number of nitrogens with zero attached hydrogens (tertiary/aromatic N) is 1. The summed E-state index contributed by atoms with van der Waals surface area (Å²) in [6, 6.07) is 0. The van der Waals surface area contributed by atoms with Crippen LogP contribution in [-0.4, -0.2) is 67.6 Å². The lowest BCUT2D eigenvalue weighted by atomic mass is 10.3. The zero-order valence-electron chi connectivity index (χ0n) is 13.7. The molecule has 0 spiro atoms. The van der Waals surface area contributed by atoms with Gasteiger partial charge in [-0.25, -0.2) is 4.79 Å². The van der Waals surface area contributed by atoms with Gasteiger partial charge in [0, 0.05) is 6.54 Å². The number of hydroxylamine groups is 2. The van der Waals surface area contributed by atoms with Gasteiger partial charge in [0.1, 0.15) is 0 Å². The first-order chi connectivity index (χ1) is 12.6. The van der Waals surface area contributed by atoms with Crippen molar-refractivity contribution in [2.45, 2.75) is 31.4 Å². The van der Waals surface area contributed by atoms with Gasteiger partial charge in [0.15, 0.2) is 0 Å². The van der Waals surface area contributed by atoms with Crippen molar-refractivity contribution < 1.29 is 58.7 Å². The Hall–Kier alpha value is -2.26. The number of alkyl halides is 9. The summed E-state index contributed by atoms with van der Waals surface area (Å²) in [6.07, 6.45) is -16.6. The van der Waals surface area contributed by atoms with Gasteiger partial charge in [-0.2, -0.15) is 44.6 Å². The van der Waals surface area contributed by atoms with E-state index in [0.29, 0.717) is 0 Å². The molecule has 0 rings (SSSR count). The van der Waals surface area contributed by atoms with E-state index < -0.39 is 47.9 Å². The minimum absolute atomic E-state index is 0.00389. The molecular formula is C12H14F9N3O4. The van der Waals surface area contributed by atoms with Gasteiger partial charge < -0.3 is 15.5 Å². The number of carbonyl (C=O) groups is 3. The fourth-order valence-corrected chi connectivity index (χ4v) is 1.47. The summed E-state index contributed by atoms with van der Waals surface area (Å²) < 4.78 is 109. The number of nitrogens with one attached hydrogen (secondary N) is 2. The molecule has 0 saturated heterocycles. The lowest BCUT2D eigenvalue weighted by molar-refractivity contribution is -0.251. The number of hydrogen-bond acceptors (Lipinski definition) is 5. The van der Waals surface area contributed by atoms with E-state index in [1.807, 2.05) is 0 Å². The molecule has 7 nitrogen and oxygen atoms in total. The van der Waals surface area contributed by atoms with Crippen LogP contribution in [0.4, 0.5) is 39.5 Å². The zero-order chi connectivity index (χ0) is 22.2. The summed E-state index contributed by atoms with van der Waals surface area (Å²) >= 11 is 0. The second kappa shape index (κ2) is 10.3. The van der Waals surface area contributed by atoms with Crippen molar-refractivity contribution in [1.29, 1.82) is 0 Å². The fraction of sp³-hybridized carbons (Fsp3) is 0.750. The molecule has 0 fully saturated rings. The Morgan fingerprint density at radius 3 is 1.75 bits per heavy atom. The zero-order valence-corrected chi connectivity index (χ0v) is 13.7. The maximum absolute atomic E-state index is 12.3. The van der Waals surface area contributed by atoms with Crippen LogP contribution >= 0.6 is 0 Å².